The van der Waals surface area contributed by atoms with Crippen LogP contribution in [0.1, 0.15) is 22.8 Å². The highest BCUT2D eigenvalue weighted by Crippen LogP contribution is 2.29. The van der Waals surface area contributed by atoms with E-state index in [0.29, 0.717) is 12.2 Å². The van der Waals surface area contributed by atoms with Gasteiger partial charge in [0.2, 0.25) is 0 Å². The Balaban J connectivity index is 2.30. The second-order valence-corrected chi connectivity index (χ2v) is 4.25. The Labute approximate surface area is 116 Å². The van der Waals surface area contributed by atoms with Crippen LogP contribution >= 0.6 is 0 Å². The Morgan fingerprint density at radius 3 is 2.55 bits per heavy atom. The summed E-state index contributed by atoms with van der Waals surface area (Å²) in [5.74, 6) is -0.508. The zero-order valence-electron chi connectivity index (χ0n) is 10.9. The van der Waals surface area contributed by atoms with Crippen LogP contribution in [0.2, 0.25) is 0 Å². The zero-order chi connectivity index (χ0) is 14.5. The van der Waals surface area contributed by atoms with Crippen molar-refractivity contribution < 1.29 is 13.9 Å². The van der Waals surface area contributed by atoms with Gasteiger partial charge in [-0.15, -0.1) is 0 Å². The topological polar surface area (TPSA) is 50.1 Å². The van der Waals surface area contributed by atoms with E-state index in [1.165, 1.54) is 25.1 Å². The van der Waals surface area contributed by atoms with Crippen LogP contribution in [-0.2, 0) is 6.42 Å². The lowest BCUT2D eigenvalue weighted by Gasteiger charge is -2.10. The van der Waals surface area contributed by atoms with Gasteiger partial charge in [0, 0.05) is 0 Å². The molecule has 0 unspecified atom stereocenters. The predicted octanol–water partition coefficient (Wildman–Crippen LogP) is 3.89. The molecule has 20 heavy (non-hydrogen) atoms. The first-order valence-corrected chi connectivity index (χ1v) is 6.05. The van der Waals surface area contributed by atoms with Gasteiger partial charge in [0.05, 0.1) is 18.1 Å². The summed E-state index contributed by atoms with van der Waals surface area (Å²) < 4.78 is 19.2. The lowest BCUT2D eigenvalue weighted by molar-refractivity contribution is 0.101. The summed E-state index contributed by atoms with van der Waals surface area (Å²) in [6, 6.07) is 13.0. The minimum absolute atomic E-state index is 0.0759. The van der Waals surface area contributed by atoms with Crippen molar-refractivity contribution in [2.24, 2.45) is 0 Å². The Morgan fingerprint density at radius 1 is 1.25 bits per heavy atom. The van der Waals surface area contributed by atoms with Crippen LogP contribution in [0.25, 0.3) is 0 Å². The van der Waals surface area contributed by atoms with Crippen molar-refractivity contribution in [3.8, 4) is 17.6 Å². The molecule has 0 N–H and O–H groups in total. The SMILES string of the molecule is CC(=O)c1cccc(F)c1Oc1ccc(CC#N)cc1. The average Bonchev–Trinajstić information content (AvgIpc) is 2.43. The quantitative estimate of drug-likeness (QED) is 0.791. The van der Waals surface area contributed by atoms with Crippen LogP contribution in [0, 0.1) is 17.1 Å². The van der Waals surface area contributed by atoms with Gasteiger partial charge in [0.15, 0.2) is 17.3 Å². The smallest absolute Gasteiger partial charge is 0.173 e. The van der Waals surface area contributed by atoms with Crippen LogP contribution in [0.15, 0.2) is 42.5 Å². The maximum Gasteiger partial charge on any atom is 0.173 e. The molecule has 0 radical (unpaired) electrons. The summed E-state index contributed by atoms with van der Waals surface area (Å²) in [6.45, 7) is 1.36. The van der Waals surface area contributed by atoms with Gasteiger partial charge in [0.1, 0.15) is 5.75 Å². The van der Waals surface area contributed by atoms with Gasteiger partial charge in [-0.3, -0.25) is 4.79 Å². The monoisotopic (exact) mass is 269 g/mol. The van der Waals surface area contributed by atoms with Crippen LogP contribution in [0.3, 0.4) is 0 Å². The number of nitrogens with zero attached hydrogens (tertiary/aromatic N) is 1. The number of Topliss-reactive ketones (excluding diaryl/α,β-unsaturated/α-hetero) is 1. The van der Waals surface area contributed by atoms with E-state index in [1.54, 1.807) is 24.3 Å². The van der Waals surface area contributed by atoms with E-state index in [0.717, 1.165) is 5.56 Å². The number of carbonyl (C=O) groups excluding carboxylic acids is 1. The van der Waals surface area contributed by atoms with Crippen LogP contribution in [0.5, 0.6) is 11.5 Å². The number of benzene rings is 2. The summed E-state index contributed by atoms with van der Waals surface area (Å²) in [5.41, 5.74) is 1.05. The number of rotatable bonds is 4. The first-order valence-electron chi connectivity index (χ1n) is 6.05. The fourth-order valence-corrected chi connectivity index (χ4v) is 1.77. The summed E-state index contributed by atoms with van der Waals surface area (Å²) in [7, 11) is 0. The van der Waals surface area contributed by atoms with Crippen molar-refractivity contribution in [3.63, 3.8) is 0 Å². The van der Waals surface area contributed by atoms with Crippen molar-refractivity contribution in [2.75, 3.05) is 0 Å². The maximum atomic E-state index is 13.8. The fourth-order valence-electron chi connectivity index (χ4n) is 1.77. The predicted molar refractivity (Wildman–Crippen MR) is 72.2 cm³/mol. The first-order chi connectivity index (χ1) is 9.61. The molecule has 0 heterocycles. The average molecular weight is 269 g/mol. The number of ether oxygens (including phenoxy) is 1. The van der Waals surface area contributed by atoms with Crippen LogP contribution in [0.4, 0.5) is 4.39 Å². The molecular weight excluding hydrogens is 257 g/mol. The van der Waals surface area contributed by atoms with E-state index in [9.17, 15) is 9.18 Å². The highest BCUT2D eigenvalue weighted by molar-refractivity contribution is 5.96. The van der Waals surface area contributed by atoms with E-state index in [2.05, 4.69) is 0 Å². The number of para-hydroxylation sites is 1. The number of ketones is 1. The van der Waals surface area contributed by atoms with Crippen molar-refractivity contribution in [3.05, 3.63) is 59.4 Å². The van der Waals surface area contributed by atoms with Gasteiger partial charge >= 0.3 is 0 Å². The standard InChI is InChI=1S/C16H12FNO2/c1-11(19)14-3-2-4-15(17)16(14)20-13-7-5-12(6-8-13)9-10-18/h2-8H,9H2,1H3. The number of carbonyl (C=O) groups is 1. The molecule has 0 bridgehead atoms. The first kappa shape index (κ1) is 13.8. The zero-order valence-corrected chi connectivity index (χ0v) is 10.9. The molecule has 0 amide bonds. The molecule has 0 aliphatic rings. The molecule has 2 aromatic carbocycles. The number of halogens is 1. The Hall–Kier alpha value is -2.67. The molecule has 0 spiro atoms. The lowest BCUT2D eigenvalue weighted by atomic mass is 10.1. The van der Waals surface area contributed by atoms with Crippen molar-refractivity contribution in [1.82, 2.24) is 0 Å². The maximum absolute atomic E-state index is 13.8. The van der Waals surface area contributed by atoms with E-state index in [1.807, 2.05) is 6.07 Å². The molecule has 4 heteroatoms. The Morgan fingerprint density at radius 2 is 1.95 bits per heavy atom. The largest absolute Gasteiger partial charge is 0.454 e. The molecule has 0 aromatic heterocycles. The summed E-state index contributed by atoms with van der Waals surface area (Å²) in [5, 5.41) is 8.59. The molecule has 0 atom stereocenters. The van der Waals surface area contributed by atoms with Gasteiger partial charge in [0.25, 0.3) is 0 Å². The van der Waals surface area contributed by atoms with Gasteiger partial charge in [-0.25, -0.2) is 4.39 Å². The molecule has 2 rings (SSSR count). The van der Waals surface area contributed by atoms with E-state index in [-0.39, 0.29) is 17.1 Å². The molecule has 0 aliphatic heterocycles. The van der Waals surface area contributed by atoms with Crippen molar-refractivity contribution in [2.45, 2.75) is 13.3 Å². The molecule has 0 saturated carbocycles. The molecule has 3 nitrogen and oxygen atoms in total. The van der Waals surface area contributed by atoms with Gasteiger partial charge in [-0.05, 0) is 36.8 Å². The van der Waals surface area contributed by atoms with Crippen LogP contribution < -0.4 is 4.74 Å². The van der Waals surface area contributed by atoms with Crippen LogP contribution in [-0.4, -0.2) is 5.78 Å². The van der Waals surface area contributed by atoms with E-state index >= 15 is 0 Å². The lowest BCUT2D eigenvalue weighted by Crippen LogP contribution is -1.99. The number of nitriles is 1. The summed E-state index contributed by atoms with van der Waals surface area (Å²) in [6.07, 6.45) is 0.304. The van der Waals surface area contributed by atoms with Crippen molar-refractivity contribution >= 4 is 5.78 Å². The summed E-state index contributed by atoms with van der Waals surface area (Å²) in [4.78, 5) is 11.5. The minimum atomic E-state index is -0.584. The third-order valence-electron chi connectivity index (χ3n) is 2.77. The van der Waals surface area contributed by atoms with E-state index in [4.69, 9.17) is 10.00 Å². The third kappa shape index (κ3) is 3.01. The molecule has 0 saturated heterocycles. The Bertz CT molecular complexity index is 672. The minimum Gasteiger partial charge on any atom is -0.454 e. The number of hydrogen-bond donors (Lipinski definition) is 0. The molecule has 100 valence electrons. The molecular formula is C16H12FNO2. The summed E-state index contributed by atoms with van der Waals surface area (Å²) >= 11 is 0. The van der Waals surface area contributed by atoms with Gasteiger partial charge < -0.3 is 4.74 Å². The Kier molecular flexibility index (Phi) is 4.11. The molecule has 0 fully saturated rings. The van der Waals surface area contributed by atoms with E-state index < -0.39 is 5.82 Å². The number of hydrogen-bond acceptors (Lipinski definition) is 3. The third-order valence-corrected chi connectivity index (χ3v) is 2.77. The highest BCUT2D eigenvalue weighted by atomic mass is 19.1. The van der Waals surface area contributed by atoms with Crippen molar-refractivity contribution in [1.29, 1.82) is 5.26 Å². The fraction of sp³-hybridized carbons (Fsp3) is 0.125. The van der Waals surface area contributed by atoms with Gasteiger partial charge in [-0.1, -0.05) is 18.2 Å². The second kappa shape index (κ2) is 5.98. The normalized spacial score (nSPS) is 9.85. The highest BCUT2D eigenvalue weighted by Gasteiger charge is 2.14. The van der Waals surface area contributed by atoms with Gasteiger partial charge in [-0.2, -0.15) is 5.26 Å². The molecule has 0 aliphatic carbocycles. The second-order valence-electron chi connectivity index (χ2n) is 4.25. The molecule has 2 aromatic rings.